The quantitative estimate of drug-likeness (QED) is 0.361. The lowest BCUT2D eigenvalue weighted by Gasteiger charge is -2.17. The lowest BCUT2D eigenvalue weighted by molar-refractivity contribution is -0.505. The van der Waals surface area contributed by atoms with E-state index in [1.807, 2.05) is 11.9 Å². The van der Waals surface area contributed by atoms with Gasteiger partial charge in [0.2, 0.25) is 0 Å². The SMILES string of the molecule is C[N+]1=C2NCCN2C(=O)CC1.[I-]. The van der Waals surface area contributed by atoms with E-state index >= 15 is 0 Å². The summed E-state index contributed by atoms with van der Waals surface area (Å²) in [5.74, 6) is 1.24. The first-order valence-electron chi connectivity index (χ1n) is 3.91. The van der Waals surface area contributed by atoms with Gasteiger partial charge in [-0.3, -0.25) is 14.7 Å². The first-order valence-corrected chi connectivity index (χ1v) is 3.91. The van der Waals surface area contributed by atoms with Gasteiger partial charge in [0.1, 0.15) is 6.54 Å². The average Bonchev–Trinajstić information content (AvgIpc) is 2.45. The highest BCUT2D eigenvalue weighted by Crippen LogP contribution is 2.05. The number of hydrogen-bond acceptors (Lipinski definition) is 2. The molecule has 1 saturated heterocycles. The van der Waals surface area contributed by atoms with Crippen molar-refractivity contribution in [3.8, 4) is 0 Å². The number of hydrogen-bond donors (Lipinski definition) is 1. The summed E-state index contributed by atoms with van der Waals surface area (Å²) < 4.78 is 2.09. The second kappa shape index (κ2) is 3.59. The van der Waals surface area contributed by atoms with Crippen LogP contribution in [0.25, 0.3) is 0 Å². The molecule has 0 saturated carbocycles. The van der Waals surface area contributed by atoms with Crippen LogP contribution in [0, 0.1) is 0 Å². The molecular formula is C7H12IN3O. The monoisotopic (exact) mass is 281 g/mol. The van der Waals surface area contributed by atoms with Gasteiger partial charge in [-0.05, 0) is 0 Å². The number of nitrogens with one attached hydrogen (secondary N) is 1. The molecule has 2 aliphatic heterocycles. The fourth-order valence-corrected chi connectivity index (χ4v) is 1.57. The third-order valence-electron chi connectivity index (χ3n) is 2.20. The maximum absolute atomic E-state index is 11.3. The van der Waals surface area contributed by atoms with Gasteiger partial charge in [0.05, 0.1) is 26.6 Å². The summed E-state index contributed by atoms with van der Waals surface area (Å²) in [7, 11) is 2.01. The molecule has 5 heteroatoms. The summed E-state index contributed by atoms with van der Waals surface area (Å²) in [5.41, 5.74) is 0. The van der Waals surface area contributed by atoms with Crippen molar-refractivity contribution in [3.63, 3.8) is 0 Å². The summed E-state index contributed by atoms with van der Waals surface area (Å²) in [6, 6.07) is 0. The third-order valence-corrected chi connectivity index (χ3v) is 2.20. The normalized spacial score (nSPS) is 21.8. The number of nitrogens with zero attached hydrogens (tertiary/aromatic N) is 2. The lowest BCUT2D eigenvalue weighted by atomic mass is 10.3. The predicted octanol–water partition coefficient (Wildman–Crippen LogP) is -4.18. The summed E-state index contributed by atoms with van der Waals surface area (Å²) in [6.07, 6.45) is 0.654. The van der Waals surface area contributed by atoms with Crippen LogP contribution in [0.4, 0.5) is 0 Å². The first-order chi connectivity index (χ1) is 5.29. The Balaban J connectivity index is 0.000000720. The minimum absolute atomic E-state index is 0. The highest BCUT2D eigenvalue weighted by molar-refractivity contribution is 5.97. The molecule has 4 nitrogen and oxygen atoms in total. The van der Waals surface area contributed by atoms with Crippen molar-refractivity contribution in [1.29, 1.82) is 0 Å². The highest BCUT2D eigenvalue weighted by atomic mass is 127. The van der Waals surface area contributed by atoms with Crippen molar-refractivity contribution in [1.82, 2.24) is 10.2 Å². The number of guanidine groups is 1. The van der Waals surface area contributed by atoms with Gasteiger partial charge in [0.25, 0.3) is 5.91 Å². The van der Waals surface area contributed by atoms with Gasteiger partial charge in [-0.15, -0.1) is 0 Å². The van der Waals surface area contributed by atoms with Gasteiger partial charge in [-0.25, -0.2) is 0 Å². The van der Waals surface area contributed by atoms with E-state index in [2.05, 4.69) is 9.89 Å². The third kappa shape index (κ3) is 1.41. The fraction of sp³-hybridized carbons (Fsp3) is 0.714. The molecule has 0 aliphatic carbocycles. The van der Waals surface area contributed by atoms with Crippen LogP contribution < -0.4 is 29.3 Å². The molecule has 0 aromatic heterocycles. The Kier molecular flexibility index (Phi) is 2.92. The zero-order valence-corrected chi connectivity index (χ0v) is 9.17. The van der Waals surface area contributed by atoms with Gasteiger partial charge in [0.15, 0.2) is 0 Å². The molecule has 0 spiro atoms. The highest BCUT2D eigenvalue weighted by Gasteiger charge is 2.36. The number of rotatable bonds is 0. The molecule has 0 bridgehead atoms. The van der Waals surface area contributed by atoms with Crippen molar-refractivity contribution < 1.29 is 33.3 Å². The number of carbonyl (C=O) groups excluding carboxylic acids is 1. The van der Waals surface area contributed by atoms with Gasteiger partial charge in [0, 0.05) is 0 Å². The van der Waals surface area contributed by atoms with Crippen LogP contribution in [0.15, 0.2) is 0 Å². The molecule has 2 rings (SSSR count). The average molecular weight is 281 g/mol. The maximum Gasteiger partial charge on any atom is 0.355 e. The van der Waals surface area contributed by atoms with Crippen LogP contribution in [0.2, 0.25) is 0 Å². The van der Waals surface area contributed by atoms with Crippen molar-refractivity contribution in [3.05, 3.63) is 0 Å². The molecule has 1 N–H and O–H groups in total. The molecule has 68 valence electrons. The Labute approximate surface area is 88.6 Å². The van der Waals surface area contributed by atoms with E-state index in [1.54, 1.807) is 0 Å². The predicted molar refractivity (Wildman–Crippen MR) is 40.4 cm³/mol. The minimum atomic E-state index is 0. The van der Waals surface area contributed by atoms with E-state index < -0.39 is 0 Å². The number of fused-ring (bicyclic) bond motifs is 1. The van der Waals surface area contributed by atoms with Crippen LogP contribution in [0.1, 0.15) is 6.42 Å². The van der Waals surface area contributed by atoms with Crippen LogP contribution >= 0.6 is 0 Å². The number of amides is 1. The largest absolute Gasteiger partial charge is 1.00 e. The Morgan fingerprint density at radius 3 is 3.00 bits per heavy atom. The molecule has 0 aromatic rings. The van der Waals surface area contributed by atoms with E-state index in [1.165, 1.54) is 0 Å². The smallest absolute Gasteiger partial charge is 0.355 e. The summed E-state index contributed by atoms with van der Waals surface area (Å²) in [6.45, 7) is 2.57. The summed E-state index contributed by atoms with van der Waals surface area (Å²) in [5, 5.41) is 3.19. The molecule has 0 unspecified atom stereocenters. The van der Waals surface area contributed by atoms with Crippen LogP contribution in [-0.2, 0) is 4.79 Å². The summed E-state index contributed by atoms with van der Waals surface area (Å²) >= 11 is 0. The van der Waals surface area contributed by atoms with Crippen molar-refractivity contribution in [2.45, 2.75) is 6.42 Å². The van der Waals surface area contributed by atoms with Crippen molar-refractivity contribution in [2.24, 2.45) is 0 Å². The van der Waals surface area contributed by atoms with Gasteiger partial charge in [-0.1, -0.05) is 0 Å². The fourth-order valence-electron chi connectivity index (χ4n) is 1.57. The molecule has 0 radical (unpaired) electrons. The van der Waals surface area contributed by atoms with Gasteiger partial charge in [-0.2, -0.15) is 4.90 Å². The van der Waals surface area contributed by atoms with Gasteiger partial charge < -0.3 is 24.0 Å². The Morgan fingerprint density at radius 2 is 2.33 bits per heavy atom. The lowest BCUT2D eigenvalue weighted by Crippen LogP contribution is -3.00. The van der Waals surface area contributed by atoms with Crippen LogP contribution in [-0.4, -0.2) is 48.0 Å². The summed E-state index contributed by atoms with van der Waals surface area (Å²) in [4.78, 5) is 13.1. The standard InChI is InChI=1S/C7H11N3O.HI/c1-9-4-2-6(11)10-5-3-8-7(9)10;/h2-5H2,1H3;1H. The first kappa shape index (κ1) is 9.76. The van der Waals surface area contributed by atoms with Crippen LogP contribution in [0.3, 0.4) is 0 Å². The zero-order chi connectivity index (χ0) is 7.84. The Hall–Kier alpha value is -0.330. The molecule has 1 fully saturated rings. The zero-order valence-electron chi connectivity index (χ0n) is 7.01. The van der Waals surface area contributed by atoms with Crippen molar-refractivity contribution >= 4 is 11.9 Å². The van der Waals surface area contributed by atoms with Crippen LogP contribution in [0.5, 0.6) is 0 Å². The molecule has 0 atom stereocenters. The molecular weight excluding hydrogens is 269 g/mol. The molecule has 2 aliphatic rings. The number of carbonyl (C=O) groups is 1. The van der Waals surface area contributed by atoms with E-state index in [9.17, 15) is 4.79 Å². The van der Waals surface area contributed by atoms with E-state index in [-0.39, 0.29) is 29.9 Å². The minimum Gasteiger partial charge on any atom is -1.00 e. The number of halogens is 1. The molecule has 2 heterocycles. The maximum atomic E-state index is 11.3. The Morgan fingerprint density at radius 1 is 1.58 bits per heavy atom. The van der Waals surface area contributed by atoms with E-state index in [0.29, 0.717) is 6.42 Å². The Bertz CT molecular complexity index is 239. The second-order valence-corrected chi connectivity index (χ2v) is 2.97. The molecule has 1 amide bonds. The van der Waals surface area contributed by atoms with E-state index in [0.717, 1.165) is 25.6 Å². The second-order valence-electron chi connectivity index (χ2n) is 2.97. The van der Waals surface area contributed by atoms with Crippen molar-refractivity contribution in [2.75, 3.05) is 26.7 Å². The molecule has 12 heavy (non-hydrogen) atoms. The topological polar surface area (TPSA) is 35.4 Å². The van der Waals surface area contributed by atoms with Gasteiger partial charge >= 0.3 is 5.96 Å². The van der Waals surface area contributed by atoms with E-state index in [4.69, 9.17) is 0 Å². The molecule has 0 aromatic carbocycles.